The average molecular weight is 350 g/mol. The summed E-state index contributed by atoms with van der Waals surface area (Å²) >= 11 is 0. The Balaban J connectivity index is 1.70. The van der Waals surface area contributed by atoms with Crippen molar-refractivity contribution in [2.45, 2.75) is 25.8 Å². The Morgan fingerprint density at radius 2 is 2.19 bits per heavy atom. The zero-order valence-electron chi connectivity index (χ0n) is 14.2. The molecule has 1 aliphatic carbocycles. The van der Waals surface area contributed by atoms with Gasteiger partial charge in [-0.1, -0.05) is 23.4 Å². The zero-order valence-corrected chi connectivity index (χ0v) is 14.2. The van der Waals surface area contributed by atoms with E-state index in [0.29, 0.717) is 17.3 Å². The van der Waals surface area contributed by atoms with E-state index < -0.39 is 0 Å². The highest BCUT2D eigenvalue weighted by molar-refractivity contribution is 5.74. The molecule has 1 aromatic heterocycles. The summed E-state index contributed by atoms with van der Waals surface area (Å²) in [5.41, 5.74) is 9.75. The molecule has 1 aliphatic rings. The van der Waals surface area contributed by atoms with Gasteiger partial charge >= 0.3 is 0 Å². The van der Waals surface area contributed by atoms with E-state index in [-0.39, 0.29) is 23.4 Å². The number of hydrogen-bond donors (Lipinski definition) is 3. The Hall–Kier alpha value is -3.35. The number of nitrogens with zero attached hydrogens (tertiary/aromatic N) is 2. The molecule has 0 saturated heterocycles. The molecule has 2 aromatic carbocycles. The highest BCUT2D eigenvalue weighted by Gasteiger charge is 2.27. The number of carbonyl (C=O) groups is 1. The van der Waals surface area contributed by atoms with Crippen LogP contribution in [0.25, 0.3) is 22.8 Å². The van der Waals surface area contributed by atoms with Gasteiger partial charge in [-0.25, -0.2) is 0 Å². The predicted octanol–water partition coefficient (Wildman–Crippen LogP) is 2.81. The van der Waals surface area contributed by atoms with E-state index in [1.54, 1.807) is 12.1 Å². The predicted molar refractivity (Wildman–Crippen MR) is 96.1 cm³/mol. The van der Waals surface area contributed by atoms with Gasteiger partial charge in [-0.15, -0.1) is 0 Å². The number of nitrogens with one attached hydrogen (secondary N) is 1. The van der Waals surface area contributed by atoms with Crippen LogP contribution < -0.4 is 11.1 Å². The number of amides is 1. The number of hydrogen-bond acceptors (Lipinski definition) is 6. The first-order valence-corrected chi connectivity index (χ1v) is 8.35. The molecule has 0 unspecified atom stereocenters. The van der Waals surface area contributed by atoms with Gasteiger partial charge in [0.1, 0.15) is 5.75 Å². The van der Waals surface area contributed by atoms with Crippen LogP contribution in [0.1, 0.15) is 30.5 Å². The number of aromatic hydroxyl groups is 1. The summed E-state index contributed by atoms with van der Waals surface area (Å²) in [6.45, 7) is 1.52. The Morgan fingerprint density at radius 3 is 2.96 bits per heavy atom. The van der Waals surface area contributed by atoms with Crippen LogP contribution in [0.3, 0.4) is 0 Å². The standard InChI is InChI=1S/C19H18N4O3/c1-10(24)21-16-7-6-12-13(16)3-2-4-14(12)18-22-19(26-23-18)11-5-8-17(25)15(20)9-11/h2-5,8-9,16,25H,6-7,20H2,1H3,(H,21,24)/t16-/m0/s1. The van der Waals surface area contributed by atoms with E-state index in [9.17, 15) is 9.90 Å². The Labute approximate surface area is 149 Å². The van der Waals surface area contributed by atoms with Gasteiger partial charge in [0.15, 0.2) is 0 Å². The molecule has 7 heteroatoms. The number of nitrogen functional groups attached to an aromatic ring is 1. The quantitative estimate of drug-likeness (QED) is 0.494. The van der Waals surface area contributed by atoms with Crippen molar-refractivity contribution in [2.24, 2.45) is 0 Å². The third-order valence-electron chi connectivity index (χ3n) is 4.59. The monoisotopic (exact) mass is 350 g/mol. The van der Waals surface area contributed by atoms with Crippen LogP contribution in [0.2, 0.25) is 0 Å². The second-order valence-electron chi connectivity index (χ2n) is 6.36. The van der Waals surface area contributed by atoms with E-state index in [1.165, 1.54) is 13.0 Å². The number of phenols is 1. The first kappa shape index (κ1) is 16.1. The fourth-order valence-electron chi connectivity index (χ4n) is 3.40. The molecular weight excluding hydrogens is 332 g/mol. The molecule has 0 saturated carbocycles. The number of carbonyl (C=O) groups excluding carboxylic acids is 1. The molecule has 4 N–H and O–H groups in total. The van der Waals surface area contributed by atoms with E-state index in [2.05, 4.69) is 15.5 Å². The maximum absolute atomic E-state index is 11.4. The minimum atomic E-state index is -0.0416. The minimum absolute atomic E-state index is 0.0124. The van der Waals surface area contributed by atoms with Crippen molar-refractivity contribution < 1.29 is 14.4 Å². The number of rotatable bonds is 3. The summed E-state index contributed by atoms with van der Waals surface area (Å²) < 4.78 is 5.38. The van der Waals surface area contributed by atoms with Crippen LogP contribution in [0, 0.1) is 0 Å². The summed E-state index contributed by atoms with van der Waals surface area (Å²) in [6.07, 6.45) is 1.69. The zero-order chi connectivity index (χ0) is 18.3. The Bertz CT molecular complexity index is 996. The molecule has 1 amide bonds. The van der Waals surface area contributed by atoms with Gasteiger partial charge in [0.2, 0.25) is 11.7 Å². The van der Waals surface area contributed by atoms with Gasteiger partial charge in [-0.3, -0.25) is 4.79 Å². The number of fused-ring (bicyclic) bond motifs is 1. The number of nitrogens with two attached hydrogens (primary N) is 1. The number of anilines is 1. The lowest BCUT2D eigenvalue weighted by atomic mass is 10.0. The van der Waals surface area contributed by atoms with Crippen LogP contribution >= 0.6 is 0 Å². The molecule has 1 atom stereocenters. The third kappa shape index (κ3) is 2.77. The lowest BCUT2D eigenvalue weighted by Gasteiger charge is -2.12. The molecule has 26 heavy (non-hydrogen) atoms. The van der Waals surface area contributed by atoms with Gasteiger partial charge in [0, 0.05) is 18.1 Å². The maximum Gasteiger partial charge on any atom is 0.258 e. The first-order chi connectivity index (χ1) is 12.5. The number of aromatic nitrogens is 2. The fraction of sp³-hybridized carbons (Fsp3) is 0.211. The lowest BCUT2D eigenvalue weighted by Crippen LogP contribution is -2.24. The van der Waals surface area contributed by atoms with Gasteiger partial charge in [-0.2, -0.15) is 4.98 Å². The van der Waals surface area contributed by atoms with Crippen molar-refractivity contribution in [1.29, 1.82) is 0 Å². The Kier molecular flexibility index (Phi) is 3.84. The molecule has 0 spiro atoms. The first-order valence-electron chi connectivity index (χ1n) is 8.35. The van der Waals surface area contributed by atoms with Gasteiger partial charge < -0.3 is 20.7 Å². The number of phenolic OH excluding ortho intramolecular Hbond substituents is 1. The summed E-state index contributed by atoms with van der Waals surface area (Å²) in [4.78, 5) is 15.9. The van der Waals surface area contributed by atoms with Gasteiger partial charge in [0.25, 0.3) is 5.89 Å². The van der Waals surface area contributed by atoms with Gasteiger partial charge in [0.05, 0.1) is 11.7 Å². The highest BCUT2D eigenvalue weighted by Crippen LogP contribution is 2.37. The van der Waals surface area contributed by atoms with E-state index in [4.69, 9.17) is 10.3 Å². The second kappa shape index (κ2) is 6.18. The van der Waals surface area contributed by atoms with Crippen LogP contribution in [-0.4, -0.2) is 21.2 Å². The second-order valence-corrected chi connectivity index (χ2v) is 6.36. The summed E-state index contributed by atoms with van der Waals surface area (Å²) in [6, 6.07) is 10.7. The third-order valence-corrected chi connectivity index (χ3v) is 4.59. The summed E-state index contributed by atoms with van der Waals surface area (Å²) in [5.74, 6) is 0.797. The number of benzene rings is 2. The SMILES string of the molecule is CC(=O)N[C@H]1CCc2c(-c3noc(-c4ccc(O)c(N)c4)n3)cccc21. The molecule has 4 rings (SSSR count). The van der Waals surface area contributed by atoms with Crippen molar-refractivity contribution in [3.8, 4) is 28.6 Å². The van der Waals surface area contributed by atoms with Crippen LogP contribution in [0.4, 0.5) is 5.69 Å². The average Bonchev–Trinajstić information content (AvgIpc) is 3.24. The fourth-order valence-corrected chi connectivity index (χ4v) is 3.40. The van der Waals surface area contributed by atoms with Crippen molar-refractivity contribution in [2.75, 3.05) is 5.73 Å². The molecule has 132 valence electrons. The summed E-state index contributed by atoms with van der Waals surface area (Å²) in [7, 11) is 0. The maximum atomic E-state index is 11.4. The Morgan fingerprint density at radius 1 is 1.35 bits per heavy atom. The molecule has 0 fully saturated rings. The smallest absolute Gasteiger partial charge is 0.258 e. The largest absolute Gasteiger partial charge is 0.506 e. The van der Waals surface area contributed by atoms with E-state index in [0.717, 1.165) is 29.5 Å². The molecule has 0 radical (unpaired) electrons. The van der Waals surface area contributed by atoms with Crippen molar-refractivity contribution in [3.63, 3.8) is 0 Å². The molecular formula is C19H18N4O3. The van der Waals surface area contributed by atoms with E-state index >= 15 is 0 Å². The van der Waals surface area contributed by atoms with E-state index in [1.807, 2.05) is 18.2 Å². The highest BCUT2D eigenvalue weighted by atomic mass is 16.5. The topological polar surface area (TPSA) is 114 Å². The normalized spacial score (nSPS) is 15.7. The lowest BCUT2D eigenvalue weighted by molar-refractivity contribution is -0.119. The minimum Gasteiger partial charge on any atom is -0.506 e. The molecule has 1 heterocycles. The van der Waals surface area contributed by atoms with Crippen molar-refractivity contribution >= 4 is 11.6 Å². The van der Waals surface area contributed by atoms with Crippen LogP contribution in [0.15, 0.2) is 40.9 Å². The molecule has 3 aromatic rings. The molecule has 0 bridgehead atoms. The molecule has 7 nitrogen and oxygen atoms in total. The van der Waals surface area contributed by atoms with Crippen LogP contribution in [0.5, 0.6) is 5.75 Å². The molecule has 0 aliphatic heterocycles. The van der Waals surface area contributed by atoms with Crippen LogP contribution in [-0.2, 0) is 11.2 Å². The summed E-state index contributed by atoms with van der Waals surface area (Å²) in [5, 5.41) is 16.6. The van der Waals surface area contributed by atoms with Gasteiger partial charge in [-0.05, 0) is 42.2 Å². The van der Waals surface area contributed by atoms with Crippen molar-refractivity contribution in [1.82, 2.24) is 15.5 Å². The van der Waals surface area contributed by atoms with Crippen molar-refractivity contribution in [3.05, 3.63) is 47.5 Å².